The van der Waals surface area contributed by atoms with Gasteiger partial charge in [0.25, 0.3) is 0 Å². The van der Waals surface area contributed by atoms with Gasteiger partial charge >= 0.3 is 0 Å². The van der Waals surface area contributed by atoms with Crippen molar-refractivity contribution in [2.45, 2.75) is 11.7 Å². The van der Waals surface area contributed by atoms with Crippen LogP contribution in [-0.4, -0.2) is 20.9 Å². The number of imidazole rings is 1. The van der Waals surface area contributed by atoms with Crippen molar-refractivity contribution >= 4 is 11.8 Å². The summed E-state index contributed by atoms with van der Waals surface area (Å²) in [5.74, 6) is -2.85. The smallest absolute Gasteiger partial charge is 0.187 e. The van der Waals surface area contributed by atoms with Gasteiger partial charge in [-0.05, 0) is 24.0 Å². The van der Waals surface area contributed by atoms with E-state index in [4.69, 9.17) is 5.11 Å². The molecule has 0 unspecified atom stereocenters. The summed E-state index contributed by atoms with van der Waals surface area (Å²) < 4.78 is 28.0. The molecule has 90 valence electrons. The number of aromatic nitrogens is 2. The Kier molecular flexibility index (Phi) is 3.33. The normalized spacial score (nSPS) is 10.8. The number of phenols is 1. The molecule has 2 rings (SSSR count). The number of hydrogen-bond acceptors (Lipinski definition) is 3. The van der Waals surface area contributed by atoms with Crippen LogP contribution in [0.5, 0.6) is 5.75 Å². The number of phenolic OH excluding ortho intramolecular Hbond substituents is 1. The van der Waals surface area contributed by atoms with E-state index in [1.54, 1.807) is 17.0 Å². The molecule has 0 radical (unpaired) electrons. The average molecular weight is 256 g/mol. The van der Waals surface area contributed by atoms with Crippen LogP contribution in [-0.2, 0) is 6.54 Å². The molecule has 0 aliphatic heterocycles. The lowest BCUT2D eigenvalue weighted by molar-refractivity contribution is 0.395. The third-order valence-corrected chi connectivity index (χ3v) is 2.99. The van der Waals surface area contributed by atoms with E-state index in [2.05, 4.69) is 4.98 Å². The Hall–Kier alpha value is -1.56. The highest BCUT2D eigenvalue weighted by atomic mass is 32.2. The number of halogens is 2. The molecule has 0 atom stereocenters. The fraction of sp³-hybridized carbons (Fsp3) is 0.182. The first kappa shape index (κ1) is 11.9. The van der Waals surface area contributed by atoms with E-state index in [9.17, 15) is 8.78 Å². The van der Waals surface area contributed by atoms with Crippen molar-refractivity contribution in [2.75, 3.05) is 6.26 Å². The molecule has 0 aliphatic rings. The maximum Gasteiger partial charge on any atom is 0.187 e. The van der Waals surface area contributed by atoms with E-state index in [0.29, 0.717) is 12.1 Å². The summed E-state index contributed by atoms with van der Waals surface area (Å²) in [5, 5.41) is 9.75. The predicted molar refractivity (Wildman–Crippen MR) is 61.1 cm³/mol. The first-order valence-corrected chi connectivity index (χ1v) is 6.06. The number of hydrogen-bond donors (Lipinski definition) is 1. The maximum absolute atomic E-state index is 13.1. The zero-order valence-corrected chi connectivity index (χ0v) is 9.84. The van der Waals surface area contributed by atoms with Crippen LogP contribution in [0.25, 0.3) is 0 Å². The number of rotatable bonds is 3. The van der Waals surface area contributed by atoms with Crippen molar-refractivity contribution < 1.29 is 13.9 Å². The Morgan fingerprint density at radius 1 is 1.35 bits per heavy atom. The van der Waals surface area contributed by atoms with E-state index in [1.165, 1.54) is 11.8 Å². The van der Waals surface area contributed by atoms with Gasteiger partial charge in [0.2, 0.25) is 0 Å². The Labute approximate surface area is 101 Å². The van der Waals surface area contributed by atoms with Crippen LogP contribution >= 0.6 is 11.8 Å². The van der Waals surface area contributed by atoms with E-state index in [0.717, 1.165) is 17.3 Å². The van der Waals surface area contributed by atoms with Crippen LogP contribution in [0.2, 0.25) is 0 Å². The third kappa shape index (κ3) is 2.41. The fourth-order valence-electron chi connectivity index (χ4n) is 1.51. The summed E-state index contributed by atoms with van der Waals surface area (Å²) in [6.45, 7) is 0.310. The minimum Gasteiger partial charge on any atom is -0.503 e. The molecule has 3 nitrogen and oxygen atoms in total. The molecule has 1 heterocycles. The highest BCUT2D eigenvalue weighted by Gasteiger charge is 2.10. The Morgan fingerprint density at radius 3 is 2.59 bits per heavy atom. The number of aromatic hydroxyl groups is 1. The van der Waals surface area contributed by atoms with Gasteiger partial charge in [-0.15, -0.1) is 0 Å². The quantitative estimate of drug-likeness (QED) is 0.858. The lowest BCUT2D eigenvalue weighted by Gasteiger charge is -2.07. The average Bonchev–Trinajstić information content (AvgIpc) is 2.73. The van der Waals surface area contributed by atoms with Gasteiger partial charge in [0, 0.05) is 18.9 Å². The molecule has 2 aromatic rings. The first-order chi connectivity index (χ1) is 8.11. The molecule has 1 aromatic carbocycles. The van der Waals surface area contributed by atoms with E-state index in [-0.39, 0.29) is 0 Å². The third-order valence-electron chi connectivity index (χ3n) is 2.29. The van der Waals surface area contributed by atoms with Gasteiger partial charge in [-0.2, -0.15) is 0 Å². The molecule has 0 saturated heterocycles. The van der Waals surface area contributed by atoms with Gasteiger partial charge in [0.15, 0.2) is 22.5 Å². The zero-order chi connectivity index (χ0) is 12.4. The van der Waals surface area contributed by atoms with Crippen LogP contribution in [0.4, 0.5) is 8.78 Å². The maximum atomic E-state index is 13.1. The van der Waals surface area contributed by atoms with Gasteiger partial charge in [0.05, 0.1) is 0 Å². The van der Waals surface area contributed by atoms with Crippen LogP contribution in [0.15, 0.2) is 29.7 Å². The molecule has 0 spiro atoms. The number of benzene rings is 1. The predicted octanol–water partition coefficient (Wildman–Crippen LogP) is 2.64. The van der Waals surface area contributed by atoms with Crippen molar-refractivity contribution in [3.63, 3.8) is 0 Å². The summed E-state index contributed by atoms with van der Waals surface area (Å²) in [6, 6.07) is 2.23. The van der Waals surface area contributed by atoms with Crippen LogP contribution < -0.4 is 0 Å². The SMILES string of the molecule is CSc1nccn1Cc1cc(F)c(O)c(F)c1. The van der Waals surface area contributed by atoms with Crippen molar-refractivity contribution in [1.82, 2.24) is 9.55 Å². The Bertz CT molecular complexity index is 519. The number of thioether (sulfide) groups is 1. The van der Waals surface area contributed by atoms with Crippen LogP contribution in [0, 0.1) is 11.6 Å². The molecule has 1 N–H and O–H groups in total. The zero-order valence-electron chi connectivity index (χ0n) is 9.02. The second-order valence-electron chi connectivity index (χ2n) is 3.45. The first-order valence-electron chi connectivity index (χ1n) is 4.84. The van der Waals surface area contributed by atoms with Gasteiger partial charge in [-0.3, -0.25) is 0 Å². The van der Waals surface area contributed by atoms with Gasteiger partial charge in [0.1, 0.15) is 0 Å². The van der Waals surface area contributed by atoms with Crippen molar-refractivity contribution in [2.24, 2.45) is 0 Å². The second kappa shape index (κ2) is 4.75. The number of nitrogens with zero attached hydrogens (tertiary/aromatic N) is 2. The highest BCUT2D eigenvalue weighted by molar-refractivity contribution is 7.98. The van der Waals surface area contributed by atoms with Gasteiger partial charge in [-0.25, -0.2) is 13.8 Å². The van der Waals surface area contributed by atoms with Crippen molar-refractivity contribution in [1.29, 1.82) is 0 Å². The molecule has 6 heteroatoms. The molecular weight excluding hydrogens is 246 g/mol. The summed E-state index contributed by atoms with van der Waals surface area (Å²) in [4.78, 5) is 4.08. The monoisotopic (exact) mass is 256 g/mol. The molecule has 17 heavy (non-hydrogen) atoms. The van der Waals surface area contributed by atoms with E-state index < -0.39 is 17.4 Å². The van der Waals surface area contributed by atoms with Gasteiger partial charge in [-0.1, -0.05) is 11.8 Å². The van der Waals surface area contributed by atoms with Gasteiger partial charge < -0.3 is 9.67 Å². The lowest BCUT2D eigenvalue weighted by atomic mass is 10.2. The summed E-state index contributed by atoms with van der Waals surface area (Å²) in [5.41, 5.74) is 0.436. The molecule has 0 aliphatic carbocycles. The fourth-order valence-corrected chi connectivity index (χ4v) is 2.04. The van der Waals surface area contributed by atoms with E-state index >= 15 is 0 Å². The highest BCUT2D eigenvalue weighted by Crippen LogP contribution is 2.22. The Morgan fingerprint density at radius 2 is 2.00 bits per heavy atom. The van der Waals surface area contributed by atoms with E-state index in [1.807, 2.05) is 6.26 Å². The summed E-state index contributed by atoms with van der Waals surface area (Å²) in [6.07, 6.45) is 5.23. The topological polar surface area (TPSA) is 38.0 Å². The summed E-state index contributed by atoms with van der Waals surface area (Å²) >= 11 is 1.45. The minimum atomic E-state index is -0.953. The van der Waals surface area contributed by atoms with Crippen LogP contribution in [0.3, 0.4) is 0 Å². The molecule has 0 amide bonds. The summed E-state index contributed by atoms with van der Waals surface area (Å²) in [7, 11) is 0. The van der Waals surface area contributed by atoms with Crippen LogP contribution in [0.1, 0.15) is 5.56 Å². The lowest BCUT2D eigenvalue weighted by Crippen LogP contribution is -2.01. The molecular formula is C11H10F2N2OS. The molecule has 0 fully saturated rings. The van der Waals surface area contributed by atoms with Crippen molar-refractivity contribution in [3.8, 4) is 5.75 Å². The molecule has 0 saturated carbocycles. The standard InChI is InChI=1S/C11H10F2N2OS/c1-17-11-14-2-3-15(11)6-7-4-8(12)10(16)9(13)5-7/h2-5,16H,6H2,1H3. The molecule has 0 bridgehead atoms. The second-order valence-corrected chi connectivity index (χ2v) is 4.22. The Balaban J connectivity index is 2.31. The molecule has 1 aromatic heterocycles. The minimum absolute atomic E-state index is 0.310. The van der Waals surface area contributed by atoms with Crippen molar-refractivity contribution in [3.05, 3.63) is 41.7 Å². The largest absolute Gasteiger partial charge is 0.503 e.